The summed E-state index contributed by atoms with van der Waals surface area (Å²) in [6.07, 6.45) is -0.611. The fraction of sp³-hybridized carbons (Fsp3) is 1.00. The van der Waals surface area contributed by atoms with Gasteiger partial charge in [0.25, 0.3) is 0 Å². The Bertz CT molecular complexity index is 343. The molecule has 1 rings (SSSR count). The van der Waals surface area contributed by atoms with Gasteiger partial charge in [-0.25, -0.2) is 8.42 Å². The number of rotatable bonds is 6. The van der Waals surface area contributed by atoms with E-state index in [0.29, 0.717) is 6.54 Å². The largest absolute Gasteiger partial charge is 0.394 e. The molecular formula is C11H23NO5S. The molecule has 1 fully saturated rings. The molecule has 2 unspecified atom stereocenters. The van der Waals surface area contributed by atoms with E-state index in [1.165, 1.54) is 4.31 Å². The maximum Gasteiger partial charge on any atom is 0.216 e. The van der Waals surface area contributed by atoms with Crippen LogP contribution in [0.3, 0.4) is 0 Å². The summed E-state index contributed by atoms with van der Waals surface area (Å²) in [6, 6.07) is 0. The summed E-state index contributed by atoms with van der Waals surface area (Å²) in [5.74, 6) is -0.0317. The lowest BCUT2D eigenvalue weighted by Gasteiger charge is -2.35. The van der Waals surface area contributed by atoms with E-state index < -0.39 is 16.1 Å². The molecule has 0 spiro atoms. The molecule has 0 aliphatic carbocycles. The molecule has 1 aliphatic heterocycles. The van der Waals surface area contributed by atoms with Gasteiger partial charge < -0.3 is 14.6 Å². The Hall–Kier alpha value is -0.210. The van der Waals surface area contributed by atoms with Gasteiger partial charge in [-0.05, 0) is 20.8 Å². The van der Waals surface area contributed by atoms with Crippen molar-refractivity contribution in [2.45, 2.75) is 39.1 Å². The Morgan fingerprint density at radius 3 is 2.67 bits per heavy atom. The molecule has 1 aliphatic rings. The zero-order valence-electron chi connectivity index (χ0n) is 11.2. The first-order chi connectivity index (χ1) is 8.35. The second kappa shape index (κ2) is 6.81. The van der Waals surface area contributed by atoms with Gasteiger partial charge in [0.1, 0.15) is 0 Å². The van der Waals surface area contributed by atoms with Crippen molar-refractivity contribution in [3.63, 3.8) is 0 Å². The molecule has 6 nitrogen and oxygen atoms in total. The third kappa shape index (κ3) is 4.81. The third-order valence-corrected chi connectivity index (χ3v) is 4.45. The Labute approximate surface area is 109 Å². The molecule has 7 heteroatoms. The van der Waals surface area contributed by atoms with Crippen molar-refractivity contribution in [2.75, 3.05) is 32.1 Å². The highest BCUT2D eigenvalue weighted by Gasteiger charge is 2.32. The van der Waals surface area contributed by atoms with Crippen LogP contribution in [0.25, 0.3) is 0 Å². The van der Waals surface area contributed by atoms with Crippen LogP contribution in [0.5, 0.6) is 0 Å². The van der Waals surface area contributed by atoms with Crippen LogP contribution < -0.4 is 0 Å². The topological polar surface area (TPSA) is 76.1 Å². The van der Waals surface area contributed by atoms with E-state index in [1.54, 1.807) is 6.92 Å². The van der Waals surface area contributed by atoms with Crippen molar-refractivity contribution in [1.82, 2.24) is 4.31 Å². The quantitative estimate of drug-likeness (QED) is 0.731. The highest BCUT2D eigenvalue weighted by Crippen LogP contribution is 2.15. The number of ether oxygens (including phenoxy) is 2. The minimum Gasteiger partial charge on any atom is -0.394 e. The van der Waals surface area contributed by atoms with Crippen LogP contribution in [-0.2, 0) is 19.5 Å². The zero-order valence-corrected chi connectivity index (χ0v) is 12.0. The highest BCUT2D eigenvalue weighted by atomic mass is 32.2. The minimum absolute atomic E-state index is 0.0222. The molecular weight excluding hydrogens is 258 g/mol. The number of sulfonamides is 1. The van der Waals surface area contributed by atoms with E-state index in [4.69, 9.17) is 14.6 Å². The molecule has 1 saturated heterocycles. The van der Waals surface area contributed by atoms with E-state index in [-0.39, 0.29) is 37.7 Å². The number of aliphatic hydroxyl groups is 1. The maximum atomic E-state index is 12.1. The summed E-state index contributed by atoms with van der Waals surface area (Å²) in [5, 5.41) is 9.07. The van der Waals surface area contributed by atoms with Crippen molar-refractivity contribution >= 4 is 10.0 Å². The van der Waals surface area contributed by atoms with Gasteiger partial charge in [0.15, 0.2) is 0 Å². The van der Waals surface area contributed by atoms with Gasteiger partial charge in [0.05, 0.1) is 37.3 Å². The van der Waals surface area contributed by atoms with E-state index in [9.17, 15) is 8.42 Å². The second-order valence-electron chi connectivity index (χ2n) is 4.80. The molecule has 0 radical (unpaired) electrons. The summed E-state index contributed by atoms with van der Waals surface area (Å²) in [4.78, 5) is 0. The second-order valence-corrected chi connectivity index (χ2v) is 6.89. The van der Waals surface area contributed by atoms with E-state index >= 15 is 0 Å². The lowest BCUT2D eigenvalue weighted by atomic mass is 10.2. The number of nitrogens with zero attached hydrogens (tertiary/aromatic N) is 1. The summed E-state index contributed by atoms with van der Waals surface area (Å²) in [6.45, 7) is 6.10. The molecule has 18 heavy (non-hydrogen) atoms. The standard InChI is InChI=1S/C11H23NO5S/c1-9(2)16-4-5-18(14,15)12-6-10(3)17-11(7-12)8-13/h9-11,13H,4-8H2,1-3H3. The van der Waals surface area contributed by atoms with E-state index in [0.717, 1.165) is 0 Å². The first-order valence-corrected chi connectivity index (χ1v) is 7.82. The van der Waals surface area contributed by atoms with Crippen LogP contribution in [0, 0.1) is 0 Å². The van der Waals surface area contributed by atoms with Crippen LogP contribution in [0.1, 0.15) is 20.8 Å². The molecule has 0 bridgehead atoms. The lowest BCUT2D eigenvalue weighted by molar-refractivity contribution is -0.0751. The molecule has 1 heterocycles. The monoisotopic (exact) mass is 281 g/mol. The van der Waals surface area contributed by atoms with Crippen molar-refractivity contribution in [3.05, 3.63) is 0 Å². The van der Waals surface area contributed by atoms with E-state index in [2.05, 4.69) is 0 Å². The van der Waals surface area contributed by atoms with Crippen LogP contribution in [0.15, 0.2) is 0 Å². The Balaban J connectivity index is 2.55. The third-order valence-electron chi connectivity index (χ3n) is 2.68. The van der Waals surface area contributed by atoms with Gasteiger partial charge in [-0.2, -0.15) is 4.31 Å². The molecule has 0 aromatic rings. The van der Waals surface area contributed by atoms with Gasteiger partial charge in [-0.3, -0.25) is 0 Å². The van der Waals surface area contributed by atoms with Gasteiger partial charge in [-0.1, -0.05) is 0 Å². The van der Waals surface area contributed by atoms with Gasteiger partial charge in [0.2, 0.25) is 10.0 Å². The Morgan fingerprint density at radius 2 is 2.11 bits per heavy atom. The van der Waals surface area contributed by atoms with Gasteiger partial charge >= 0.3 is 0 Å². The van der Waals surface area contributed by atoms with Crippen LogP contribution in [0.4, 0.5) is 0 Å². The minimum atomic E-state index is -3.34. The average Bonchev–Trinajstić information content (AvgIpc) is 2.27. The zero-order chi connectivity index (χ0) is 13.8. The number of aliphatic hydroxyl groups excluding tert-OH is 1. The van der Waals surface area contributed by atoms with Crippen molar-refractivity contribution in [3.8, 4) is 0 Å². The molecule has 0 saturated carbocycles. The van der Waals surface area contributed by atoms with Crippen LogP contribution in [0.2, 0.25) is 0 Å². The first-order valence-electron chi connectivity index (χ1n) is 6.21. The molecule has 2 atom stereocenters. The number of hydrogen-bond acceptors (Lipinski definition) is 5. The lowest BCUT2D eigenvalue weighted by Crippen LogP contribution is -2.51. The SMILES string of the molecule is CC(C)OCCS(=O)(=O)N1CC(C)OC(CO)C1. The normalized spacial score (nSPS) is 26.7. The van der Waals surface area contributed by atoms with Crippen molar-refractivity contribution in [1.29, 1.82) is 0 Å². The Morgan fingerprint density at radius 1 is 1.44 bits per heavy atom. The molecule has 1 N–H and O–H groups in total. The van der Waals surface area contributed by atoms with Crippen molar-refractivity contribution < 1.29 is 23.0 Å². The number of morpholine rings is 1. The Kier molecular flexibility index (Phi) is 6.00. The summed E-state index contributed by atoms with van der Waals surface area (Å²) >= 11 is 0. The van der Waals surface area contributed by atoms with Crippen LogP contribution in [-0.4, -0.2) is 68.2 Å². The van der Waals surface area contributed by atoms with Gasteiger partial charge in [-0.15, -0.1) is 0 Å². The summed E-state index contributed by atoms with van der Waals surface area (Å²) < 4.78 is 36.2. The fourth-order valence-electron chi connectivity index (χ4n) is 1.85. The fourth-order valence-corrected chi connectivity index (χ4v) is 3.24. The molecule has 0 aromatic carbocycles. The molecule has 0 amide bonds. The smallest absolute Gasteiger partial charge is 0.216 e. The highest BCUT2D eigenvalue weighted by molar-refractivity contribution is 7.89. The predicted octanol–water partition coefficient (Wildman–Crippen LogP) is -0.177. The molecule has 0 aromatic heterocycles. The predicted molar refractivity (Wildman–Crippen MR) is 67.9 cm³/mol. The van der Waals surface area contributed by atoms with Crippen molar-refractivity contribution in [2.24, 2.45) is 0 Å². The summed E-state index contributed by atoms with van der Waals surface area (Å²) in [7, 11) is -3.34. The molecule has 108 valence electrons. The first kappa shape index (κ1) is 15.8. The maximum absolute atomic E-state index is 12.1. The van der Waals surface area contributed by atoms with Gasteiger partial charge in [0, 0.05) is 13.1 Å². The summed E-state index contributed by atoms with van der Waals surface area (Å²) in [5.41, 5.74) is 0. The van der Waals surface area contributed by atoms with E-state index in [1.807, 2.05) is 13.8 Å². The number of hydrogen-bond donors (Lipinski definition) is 1. The average molecular weight is 281 g/mol. The van der Waals surface area contributed by atoms with Crippen LogP contribution >= 0.6 is 0 Å².